The third-order valence-corrected chi connectivity index (χ3v) is 5.02. The second kappa shape index (κ2) is 7.30. The van der Waals surface area contributed by atoms with Crippen LogP contribution in [0.5, 0.6) is 0 Å². The van der Waals surface area contributed by atoms with Gasteiger partial charge in [0.25, 0.3) is 0 Å². The molecule has 25 heavy (non-hydrogen) atoms. The predicted octanol–water partition coefficient (Wildman–Crippen LogP) is 1.84. The van der Waals surface area contributed by atoms with Crippen molar-refractivity contribution >= 4 is 0 Å². The number of aryl methyl sites for hydroxylation is 1. The molecule has 1 atom stereocenters. The number of likely N-dealkylation sites (tertiary alicyclic amines) is 1. The summed E-state index contributed by atoms with van der Waals surface area (Å²) in [5.41, 5.74) is 1.01. The summed E-state index contributed by atoms with van der Waals surface area (Å²) in [5.74, 6) is 1.56. The van der Waals surface area contributed by atoms with Gasteiger partial charge in [-0.3, -0.25) is 9.80 Å². The van der Waals surface area contributed by atoms with Crippen LogP contribution in [0.3, 0.4) is 0 Å². The molecule has 1 saturated heterocycles. The Morgan fingerprint density at radius 3 is 2.84 bits per heavy atom. The molecule has 0 aliphatic carbocycles. The number of benzene rings is 1. The summed E-state index contributed by atoms with van der Waals surface area (Å²) in [6.45, 7) is 5.10. The van der Waals surface area contributed by atoms with E-state index in [0.29, 0.717) is 23.7 Å². The lowest BCUT2D eigenvalue weighted by Gasteiger charge is -2.24. The Bertz CT molecular complexity index is 793. The average molecular weight is 342 g/mol. The van der Waals surface area contributed by atoms with Gasteiger partial charge in [0.1, 0.15) is 17.5 Å². The second-order valence-electron chi connectivity index (χ2n) is 6.73. The molecule has 0 N–H and O–H groups in total. The summed E-state index contributed by atoms with van der Waals surface area (Å²) in [6.07, 6.45) is 1.05. The van der Waals surface area contributed by atoms with E-state index in [0.717, 1.165) is 37.7 Å². The van der Waals surface area contributed by atoms with Crippen LogP contribution in [0.25, 0.3) is 0 Å². The molecule has 7 heteroatoms. The van der Waals surface area contributed by atoms with E-state index in [1.807, 2.05) is 24.6 Å². The zero-order valence-corrected chi connectivity index (χ0v) is 14.9. The van der Waals surface area contributed by atoms with Crippen molar-refractivity contribution in [2.24, 2.45) is 7.05 Å². The molecular weight excluding hydrogens is 319 g/mol. The Morgan fingerprint density at radius 2 is 2.20 bits per heavy atom. The minimum atomic E-state index is -0.301. The molecule has 0 saturated carbocycles. The van der Waals surface area contributed by atoms with Gasteiger partial charge in [-0.25, -0.2) is 4.39 Å². The van der Waals surface area contributed by atoms with Crippen molar-refractivity contribution in [1.29, 1.82) is 5.26 Å². The molecule has 2 aromatic rings. The highest BCUT2D eigenvalue weighted by molar-refractivity contribution is 5.32. The Morgan fingerprint density at radius 1 is 1.40 bits per heavy atom. The lowest BCUT2D eigenvalue weighted by Crippen LogP contribution is -2.34. The van der Waals surface area contributed by atoms with Gasteiger partial charge in [-0.15, -0.1) is 10.2 Å². The van der Waals surface area contributed by atoms with Crippen LogP contribution in [0.1, 0.15) is 29.2 Å². The summed E-state index contributed by atoms with van der Waals surface area (Å²) in [5, 5.41) is 17.2. The fourth-order valence-corrected chi connectivity index (χ4v) is 3.24. The fourth-order valence-electron chi connectivity index (χ4n) is 3.24. The number of nitrogens with zero attached hydrogens (tertiary/aromatic N) is 6. The molecule has 6 nitrogen and oxygen atoms in total. The van der Waals surface area contributed by atoms with E-state index in [9.17, 15) is 4.39 Å². The smallest absolute Gasteiger partial charge is 0.146 e. The molecule has 1 aromatic heterocycles. The monoisotopic (exact) mass is 342 g/mol. The maximum Gasteiger partial charge on any atom is 0.146 e. The van der Waals surface area contributed by atoms with Crippen molar-refractivity contribution in [2.75, 3.05) is 20.1 Å². The van der Waals surface area contributed by atoms with E-state index < -0.39 is 0 Å². The van der Waals surface area contributed by atoms with Crippen molar-refractivity contribution in [3.05, 3.63) is 46.8 Å². The largest absolute Gasteiger partial charge is 0.317 e. The first-order valence-electron chi connectivity index (χ1n) is 8.44. The maximum absolute atomic E-state index is 14.1. The first-order valence-corrected chi connectivity index (χ1v) is 8.44. The molecule has 132 valence electrons. The highest BCUT2D eigenvalue weighted by atomic mass is 19.1. The highest BCUT2D eigenvalue weighted by Crippen LogP contribution is 2.20. The molecule has 0 radical (unpaired) electrons. The third-order valence-electron chi connectivity index (χ3n) is 5.02. The van der Waals surface area contributed by atoms with Crippen molar-refractivity contribution in [1.82, 2.24) is 24.6 Å². The number of aromatic nitrogens is 3. The molecule has 1 aliphatic heterocycles. The van der Waals surface area contributed by atoms with Gasteiger partial charge in [-0.05, 0) is 32.5 Å². The summed E-state index contributed by atoms with van der Waals surface area (Å²) in [4.78, 5) is 4.55. The quantitative estimate of drug-likeness (QED) is 0.830. The van der Waals surface area contributed by atoms with Crippen LogP contribution >= 0.6 is 0 Å². The lowest BCUT2D eigenvalue weighted by atomic mass is 10.1. The number of halogens is 1. The predicted molar refractivity (Wildman–Crippen MR) is 92.0 cm³/mol. The van der Waals surface area contributed by atoms with Gasteiger partial charge in [-0.2, -0.15) is 5.26 Å². The molecule has 1 fully saturated rings. The van der Waals surface area contributed by atoms with Gasteiger partial charge in [0.2, 0.25) is 0 Å². The normalized spacial score (nSPS) is 18.0. The van der Waals surface area contributed by atoms with E-state index in [1.54, 1.807) is 12.1 Å². The molecule has 2 heterocycles. The SMILES string of the molecule is Cc1nnc(CN(C)[C@H]2CCN(Cc3ccc(C#N)cc3F)C2)n1C. The van der Waals surface area contributed by atoms with Gasteiger partial charge in [0.05, 0.1) is 18.2 Å². The Kier molecular flexibility index (Phi) is 5.11. The van der Waals surface area contributed by atoms with Crippen molar-refractivity contribution in [3.8, 4) is 6.07 Å². The third kappa shape index (κ3) is 3.86. The summed E-state index contributed by atoms with van der Waals surface area (Å²) in [6, 6.07) is 7.08. The van der Waals surface area contributed by atoms with E-state index in [1.165, 1.54) is 6.07 Å². The van der Waals surface area contributed by atoms with Crippen molar-refractivity contribution in [2.45, 2.75) is 32.5 Å². The molecule has 0 amide bonds. The van der Waals surface area contributed by atoms with E-state index in [2.05, 4.69) is 27.0 Å². The molecule has 1 aliphatic rings. The van der Waals surface area contributed by atoms with Gasteiger partial charge in [0, 0.05) is 38.3 Å². The minimum Gasteiger partial charge on any atom is -0.317 e. The van der Waals surface area contributed by atoms with Crippen LogP contribution < -0.4 is 0 Å². The molecule has 1 aromatic carbocycles. The number of rotatable bonds is 5. The maximum atomic E-state index is 14.1. The number of likely N-dealkylation sites (N-methyl/N-ethyl adjacent to an activating group) is 1. The van der Waals surface area contributed by atoms with Crippen LogP contribution in [-0.2, 0) is 20.1 Å². The number of hydrogen-bond acceptors (Lipinski definition) is 5. The minimum absolute atomic E-state index is 0.301. The Hall–Kier alpha value is -2.30. The van der Waals surface area contributed by atoms with Crippen LogP contribution in [0, 0.1) is 24.1 Å². The van der Waals surface area contributed by atoms with E-state index >= 15 is 0 Å². The topological polar surface area (TPSA) is 61.0 Å². The van der Waals surface area contributed by atoms with Crippen molar-refractivity contribution < 1.29 is 4.39 Å². The van der Waals surface area contributed by atoms with Gasteiger partial charge < -0.3 is 4.57 Å². The number of hydrogen-bond donors (Lipinski definition) is 0. The zero-order valence-electron chi connectivity index (χ0n) is 14.9. The van der Waals surface area contributed by atoms with Gasteiger partial charge >= 0.3 is 0 Å². The van der Waals surface area contributed by atoms with E-state index in [-0.39, 0.29) is 5.82 Å². The molecular formula is C18H23FN6. The number of nitriles is 1. The average Bonchev–Trinajstić information content (AvgIpc) is 3.19. The van der Waals surface area contributed by atoms with Crippen LogP contribution in [0.2, 0.25) is 0 Å². The fraction of sp³-hybridized carbons (Fsp3) is 0.500. The van der Waals surface area contributed by atoms with Crippen LogP contribution in [-0.4, -0.2) is 50.7 Å². The van der Waals surface area contributed by atoms with E-state index in [4.69, 9.17) is 5.26 Å². The van der Waals surface area contributed by atoms with Crippen LogP contribution in [0.15, 0.2) is 18.2 Å². The first-order chi connectivity index (χ1) is 12.0. The molecule has 0 spiro atoms. The van der Waals surface area contributed by atoms with Crippen molar-refractivity contribution in [3.63, 3.8) is 0 Å². The standard InChI is InChI=1S/C18H23FN6/c1-13-21-22-18(24(13)3)12-23(2)16-6-7-25(11-16)10-15-5-4-14(9-20)8-17(15)19/h4-5,8,16H,6-7,10-12H2,1-3H3/t16-/m0/s1. The van der Waals surface area contributed by atoms with Gasteiger partial charge in [-0.1, -0.05) is 6.07 Å². The van der Waals surface area contributed by atoms with Crippen LogP contribution in [0.4, 0.5) is 4.39 Å². The molecule has 3 rings (SSSR count). The summed E-state index contributed by atoms with van der Waals surface area (Å²) in [7, 11) is 4.08. The summed E-state index contributed by atoms with van der Waals surface area (Å²) < 4.78 is 16.1. The molecule has 0 unspecified atom stereocenters. The lowest BCUT2D eigenvalue weighted by molar-refractivity contribution is 0.216. The Labute approximate surface area is 147 Å². The highest BCUT2D eigenvalue weighted by Gasteiger charge is 2.27. The molecule has 0 bridgehead atoms. The van der Waals surface area contributed by atoms with Gasteiger partial charge in [0.15, 0.2) is 0 Å². The Balaban J connectivity index is 1.58. The summed E-state index contributed by atoms with van der Waals surface area (Å²) >= 11 is 0. The first kappa shape index (κ1) is 17.5. The second-order valence-corrected chi connectivity index (χ2v) is 6.73. The zero-order chi connectivity index (χ0) is 18.0.